The molecule has 0 aliphatic heterocycles. The number of aromatic nitrogens is 3. The monoisotopic (exact) mass is 559 g/mol. The van der Waals surface area contributed by atoms with Gasteiger partial charge in [0.25, 0.3) is 17.4 Å². The average molecular weight is 560 g/mol. The number of anilines is 1. The molecule has 2 atom stereocenters. The predicted octanol–water partition coefficient (Wildman–Crippen LogP) is 3.74. The van der Waals surface area contributed by atoms with Crippen molar-refractivity contribution in [3.8, 4) is 5.88 Å². The van der Waals surface area contributed by atoms with E-state index in [1.807, 2.05) is 0 Å². The zero-order chi connectivity index (χ0) is 27.6. The number of hydrogen-bond donors (Lipinski definition) is 1. The number of amides is 2. The summed E-state index contributed by atoms with van der Waals surface area (Å²) in [5.74, 6) is -3.41. The summed E-state index contributed by atoms with van der Waals surface area (Å²) in [5.41, 5.74) is -5.36. The lowest BCUT2D eigenvalue weighted by atomic mass is 9.85. The first kappa shape index (κ1) is 28.3. The third kappa shape index (κ3) is 6.94. The van der Waals surface area contributed by atoms with E-state index >= 15 is 0 Å². The van der Waals surface area contributed by atoms with E-state index in [-0.39, 0.29) is 24.1 Å². The number of hydrogen-bond acceptors (Lipinski definition) is 7. The van der Waals surface area contributed by atoms with Gasteiger partial charge in [0.15, 0.2) is 5.54 Å². The molecule has 2 aromatic rings. The third-order valence-corrected chi connectivity index (χ3v) is 5.54. The molecule has 1 aliphatic carbocycles. The van der Waals surface area contributed by atoms with Crippen LogP contribution in [0.3, 0.4) is 0 Å². The standard InChI is InChI=1S/C20H17ClF7N5O4/c1-18(10-6-29-9-30-7-10,17(35)32-11-4-13(5-11)36-19(23,24)25)33(16(34)15(21)22)12-2-3-14(31-8-12)37-20(26,27)28/h2-3,6-9,11,13,15H,4-5H2,1H3,(H,32,35)/t11?,13?,15-,18-/m0/s1. The fraction of sp³-hybridized carbons (Fsp3) is 0.450. The summed E-state index contributed by atoms with van der Waals surface area (Å²) in [7, 11) is 0. The second kappa shape index (κ2) is 10.6. The van der Waals surface area contributed by atoms with Crippen molar-refractivity contribution in [3.63, 3.8) is 0 Å². The van der Waals surface area contributed by atoms with E-state index in [0.29, 0.717) is 11.1 Å². The molecule has 1 aliphatic rings. The van der Waals surface area contributed by atoms with Crippen LogP contribution in [0, 0.1) is 0 Å². The van der Waals surface area contributed by atoms with Crippen molar-refractivity contribution in [1.82, 2.24) is 20.3 Å². The second-order valence-corrected chi connectivity index (χ2v) is 8.29. The van der Waals surface area contributed by atoms with Gasteiger partial charge in [0, 0.05) is 30.1 Å². The van der Waals surface area contributed by atoms with Crippen LogP contribution in [0.15, 0.2) is 37.1 Å². The number of carbonyl (C=O) groups excluding carboxylic acids is 2. The van der Waals surface area contributed by atoms with Gasteiger partial charge in [-0.3, -0.25) is 19.2 Å². The molecule has 0 unspecified atom stereocenters. The molecular weight excluding hydrogens is 543 g/mol. The largest absolute Gasteiger partial charge is 0.574 e. The quantitative estimate of drug-likeness (QED) is 0.388. The van der Waals surface area contributed by atoms with E-state index in [0.717, 1.165) is 37.8 Å². The summed E-state index contributed by atoms with van der Waals surface area (Å²) in [6.45, 7) is 1.14. The maximum Gasteiger partial charge on any atom is 0.574 e. The number of carbonyl (C=O) groups is 2. The van der Waals surface area contributed by atoms with Gasteiger partial charge >= 0.3 is 12.7 Å². The van der Waals surface area contributed by atoms with Gasteiger partial charge in [-0.05, 0) is 25.8 Å². The Morgan fingerprint density at radius 2 is 1.70 bits per heavy atom. The molecule has 1 saturated carbocycles. The highest BCUT2D eigenvalue weighted by Crippen LogP contribution is 2.37. The smallest absolute Gasteiger partial charge is 0.388 e. The minimum absolute atomic E-state index is 0.0869. The van der Waals surface area contributed by atoms with Gasteiger partial charge in [0.2, 0.25) is 5.88 Å². The molecule has 0 radical (unpaired) electrons. The van der Waals surface area contributed by atoms with E-state index < -0.39 is 53.7 Å². The van der Waals surface area contributed by atoms with Gasteiger partial charge in [-0.25, -0.2) is 19.3 Å². The van der Waals surface area contributed by atoms with E-state index in [1.165, 1.54) is 0 Å². The van der Waals surface area contributed by atoms with Crippen molar-refractivity contribution in [1.29, 1.82) is 0 Å². The van der Waals surface area contributed by atoms with E-state index in [4.69, 9.17) is 11.6 Å². The van der Waals surface area contributed by atoms with Crippen LogP contribution in [0.25, 0.3) is 0 Å². The molecule has 202 valence electrons. The average Bonchev–Trinajstić information content (AvgIpc) is 2.77. The maximum absolute atomic E-state index is 14.1. The van der Waals surface area contributed by atoms with Crippen LogP contribution in [-0.4, -0.2) is 57.3 Å². The molecule has 17 heteroatoms. The molecule has 1 N–H and O–H groups in total. The molecule has 2 aromatic heterocycles. The summed E-state index contributed by atoms with van der Waals surface area (Å²) >= 11 is 5.38. The van der Waals surface area contributed by atoms with Crippen molar-refractivity contribution in [3.05, 3.63) is 42.6 Å². The lowest BCUT2D eigenvalue weighted by Gasteiger charge is -2.43. The Balaban J connectivity index is 1.97. The number of pyridine rings is 1. The highest BCUT2D eigenvalue weighted by Gasteiger charge is 2.49. The summed E-state index contributed by atoms with van der Waals surface area (Å²) in [5, 5.41) is 2.46. The van der Waals surface area contributed by atoms with Crippen LogP contribution in [-0.2, 0) is 19.9 Å². The topological polar surface area (TPSA) is 107 Å². The molecule has 9 nitrogen and oxygen atoms in total. The molecule has 2 heterocycles. The highest BCUT2D eigenvalue weighted by molar-refractivity contribution is 6.32. The fourth-order valence-corrected chi connectivity index (χ4v) is 3.69. The molecule has 0 spiro atoms. The van der Waals surface area contributed by atoms with Crippen LogP contribution >= 0.6 is 11.6 Å². The predicted molar refractivity (Wildman–Crippen MR) is 111 cm³/mol. The van der Waals surface area contributed by atoms with Gasteiger partial charge in [-0.2, -0.15) is 0 Å². The van der Waals surface area contributed by atoms with Crippen LogP contribution in [0.4, 0.5) is 36.4 Å². The molecule has 0 saturated heterocycles. The molecule has 2 amide bonds. The summed E-state index contributed by atoms with van der Waals surface area (Å²) in [4.78, 5) is 37.9. The van der Waals surface area contributed by atoms with Crippen LogP contribution in [0.1, 0.15) is 25.3 Å². The first-order valence-corrected chi connectivity index (χ1v) is 10.7. The maximum atomic E-state index is 14.1. The van der Waals surface area contributed by atoms with E-state index in [1.54, 1.807) is 0 Å². The zero-order valence-corrected chi connectivity index (χ0v) is 19.3. The Kier molecular flexibility index (Phi) is 8.12. The third-order valence-electron chi connectivity index (χ3n) is 5.35. The Morgan fingerprint density at radius 1 is 1.08 bits per heavy atom. The molecule has 3 rings (SSSR count). The van der Waals surface area contributed by atoms with Gasteiger partial charge in [0.05, 0.1) is 18.0 Å². The normalized spacial score (nSPS) is 20.2. The summed E-state index contributed by atoms with van der Waals surface area (Å²) in [6, 6.07) is 0.811. The molecule has 0 bridgehead atoms. The summed E-state index contributed by atoms with van der Waals surface area (Å²) in [6.07, 6.45) is -7.57. The minimum atomic E-state index is -5.07. The van der Waals surface area contributed by atoms with Crippen LogP contribution in [0.5, 0.6) is 5.88 Å². The minimum Gasteiger partial charge on any atom is -0.388 e. The first-order valence-electron chi connectivity index (χ1n) is 10.2. The summed E-state index contributed by atoms with van der Waals surface area (Å²) < 4.78 is 96.4. The van der Waals surface area contributed by atoms with Gasteiger partial charge in [0.1, 0.15) is 6.33 Å². The van der Waals surface area contributed by atoms with Crippen LogP contribution < -0.4 is 15.0 Å². The Bertz CT molecular complexity index is 1100. The fourth-order valence-electron chi connectivity index (χ4n) is 3.59. The van der Waals surface area contributed by atoms with Crippen molar-refractivity contribution in [2.75, 3.05) is 4.90 Å². The number of rotatable bonds is 8. The zero-order valence-electron chi connectivity index (χ0n) is 18.6. The number of halogens is 8. The van der Waals surface area contributed by atoms with Gasteiger partial charge < -0.3 is 10.1 Å². The van der Waals surface area contributed by atoms with Crippen molar-refractivity contribution in [2.45, 2.75) is 55.8 Å². The molecule has 0 aromatic carbocycles. The Hall–Kier alpha value is -3.27. The Morgan fingerprint density at radius 3 is 2.19 bits per heavy atom. The van der Waals surface area contributed by atoms with Crippen LogP contribution in [0.2, 0.25) is 0 Å². The molecule has 1 fully saturated rings. The van der Waals surface area contributed by atoms with Crippen molar-refractivity contribution < 1.29 is 49.8 Å². The molecule has 37 heavy (non-hydrogen) atoms. The SMILES string of the molecule is C[C@@](C(=O)NC1CC(OC(F)(F)F)C1)(c1cncnc1)N(C(=O)[C@H](F)Cl)c1ccc(OC(F)(F)F)nc1. The first-order chi connectivity index (χ1) is 17.1. The number of nitrogens with one attached hydrogen (secondary N) is 1. The van der Waals surface area contributed by atoms with Crippen molar-refractivity contribution in [2.24, 2.45) is 0 Å². The lowest BCUT2D eigenvalue weighted by Crippen LogP contribution is -2.61. The van der Waals surface area contributed by atoms with Gasteiger partial charge in [-0.1, -0.05) is 11.6 Å². The number of alkyl halides is 8. The molecular formula is C20H17ClF7N5O4. The second-order valence-electron chi connectivity index (χ2n) is 7.90. The number of nitrogens with zero attached hydrogens (tertiary/aromatic N) is 4. The Labute approximate surface area is 208 Å². The van der Waals surface area contributed by atoms with E-state index in [9.17, 15) is 40.3 Å². The van der Waals surface area contributed by atoms with Crippen molar-refractivity contribution >= 4 is 29.1 Å². The number of ether oxygens (including phenoxy) is 2. The van der Waals surface area contributed by atoms with E-state index in [2.05, 4.69) is 29.7 Å². The lowest BCUT2D eigenvalue weighted by molar-refractivity contribution is -0.351. The highest BCUT2D eigenvalue weighted by atomic mass is 35.5. The van der Waals surface area contributed by atoms with Gasteiger partial charge in [-0.15, -0.1) is 26.3 Å².